The quantitative estimate of drug-likeness (QED) is 0.857. The smallest absolute Gasteiger partial charge is 0.192 e. The summed E-state index contributed by atoms with van der Waals surface area (Å²) in [5.41, 5.74) is 6.19. The Morgan fingerprint density at radius 1 is 1.41 bits per heavy atom. The highest BCUT2D eigenvalue weighted by Crippen LogP contribution is 2.23. The van der Waals surface area contributed by atoms with Gasteiger partial charge in [0, 0.05) is 6.04 Å². The van der Waals surface area contributed by atoms with Crippen molar-refractivity contribution < 1.29 is 13.5 Å². The molecule has 0 amide bonds. The van der Waals surface area contributed by atoms with E-state index in [0.717, 1.165) is 6.42 Å². The molecule has 1 aromatic rings. The second kappa shape index (κ2) is 6.16. The molecule has 0 aliphatic rings. The van der Waals surface area contributed by atoms with Crippen molar-refractivity contribution in [2.75, 3.05) is 6.61 Å². The van der Waals surface area contributed by atoms with Crippen molar-refractivity contribution in [3.8, 4) is 11.8 Å². The Morgan fingerprint density at radius 3 is 2.47 bits per heavy atom. The van der Waals surface area contributed by atoms with E-state index in [0.29, 0.717) is 12.0 Å². The van der Waals surface area contributed by atoms with Gasteiger partial charge in [0.05, 0.1) is 0 Å². The predicted molar refractivity (Wildman–Crippen MR) is 59.4 cm³/mol. The summed E-state index contributed by atoms with van der Waals surface area (Å²) >= 11 is 0. The van der Waals surface area contributed by atoms with Crippen molar-refractivity contribution >= 4 is 0 Å². The normalized spacial score (nSPS) is 11.9. The second-order valence-corrected chi connectivity index (χ2v) is 3.71. The number of halogens is 2. The van der Waals surface area contributed by atoms with E-state index < -0.39 is 17.4 Å². The van der Waals surface area contributed by atoms with Crippen LogP contribution in [0.4, 0.5) is 8.78 Å². The standard InChI is InChI=1S/C12H14F2N2O/c1-2-9(16)5-8-6-10(13)12(11(14)7-8)17-4-3-15/h6-7,9H,2,4-5,16H2,1H3. The SMILES string of the molecule is CCC(N)Cc1cc(F)c(OCC#N)c(F)c1. The first-order valence-electron chi connectivity index (χ1n) is 5.31. The fourth-order valence-electron chi connectivity index (χ4n) is 1.42. The minimum Gasteiger partial charge on any atom is -0.473 e. The van der Waals surface area contributed by atoms with Gasteiger partial charge in [-0.25, -0.2) is 8.78 Å². The van der Waals surface area contributed by atoms with Crippen LogP contribution in [-0.2, 0) is 6.42 Å². The Hall–Kier alpha value is -1.67. The molecule has 0 aromatic heterocycles. The average molecular weight is 240 g/mol. The van der Waals surface area contributed by atoms with Crippen LogP contribution >= 0.6 is 0 Å². The molecule has 3 nitrogen and oxygen atoms in total. The second-order valence-electron chi connectivity index (χ2n) is 3.71. The summed E-state index contributed by atoms with van der Waals surface area (Å²) in [6.45, 7) is 1.52. The largest absolute Gasteiger partial charge is 0.473 e. The minimum atomic E-state index is -0.807. The molecule has 0 bridgehead atoms. The number of hydrogen-bond acceptors (Lipinski definition) is 3. The van der Waals surface area contributed by atoms with Crippen LogP contribution in [0.2, 0.25) is 0 Å². The molecule has 0 radical (unpaired) electrons. The highest BCUT2D eigenvalue weighted by molar-refractivity contribution is 5.32. The zero-order valence-electron chi connectivity index (χ0n) is 9.54. The fraction of sp³-hybridized carbons (Fsp3) is 0.417. The van der Waals surface area contributed by atoms with Gasteiger partial charge in [-0.3, -0.25) is 0 Å². The Bertz CT molecular complexity index is 406. The summed E-state index contributed by atoms with van der Waals surface area (Å²) < 4.78 is 31.6. The maximum atomic E-state index is 13.5. The van der Waals surface area contributed by atoms with Gasteiger partial charge in [-0.05, 0) is 30.5 Å². The van der Waals surface area contributed by atoms with E-state index in [-0.39, 0.29) is 12.6 Å². The van der Waals surface area contributed by atoms with E-state index in [1.165, 1.54) is 12.1 Å². The van der Waals surface area contributed by atoms with Crippen molar-refractivity contribution in [1.82, 2.24) is 0 Å². The zero-order chi connectivity index (χ0) is 12.8. The molecule has 1 rings (SSSR count). The Balaban J connectivity index is 2.89. The van der Waals surface area contributed by atoms with Crippen molar-refractivity contribution in [1.29, 1.82) is 5.26 Å². The number of nitrogens with zero attached hydrogens (tertiary/aromatic N) is 1. The number of benzene rings is 1. The maximum Gasteiger partial charge on any atom is 0.192 e. The van der Waals surface area contributed by atoms with Gasteiger partial charge in [0.25, 0.3) is 0 Å². The first-order valence-corrected chi connectivity index (χ1v) is 5.31. The molecule has 0 fully saturated rings. The van der Waals surface area contributed by atoms with Gasteiger partial charge >= 0.3 is 0 Å². The van der Waals surface area contributed by atoms with Gasteiger partial charge in [-0.2, -0.15) is 5.26 Å². The van der Waals surface area contributed by atoms with Gasteiger partial charge in [-0.15, -0.1) is 0 Å². The monoisotopic (exact) mass is 240 g/mol. The lowest BCUT2D eigenvalue weighted by molar-refractivity contribution is 0.324. The molecule has 1 aromatic carbocycles. The number of nitrogens with two attached hydrogens (primary N) is 1. The summed E-state index contributed by atoms with van der Waals surface area (Å²) in [7, 11) is 0. The molecule has 17 heavy (non-hydrogen) atoms. The summed E-state index contributed by atoms with van der Waals surface area (Å²) in [6, 6.07) is 3.90. The molecular weight excluding hydrogens is 226 g/mol. The van der Waals surface area contributed by atoms with E-state index in [1.807, 2.05) is 6.92 Å². The van der Waals surface area contributed by atoms with Crippen LogP contribution in [0.3, 0.4) is 0 Å². The van der Waals surface area contributed by atoms with Gasteiger partial charge < -0.3 is 10.5 Å². The lowest BCUT2D eigenvalue weighted by atomic mass is 10.0. The van der Waals surface area contributed by atoms with Crippen LogP contribution in [-0.4, -0.2) is 12.6 Å². The van der Waals surface area contributed by atoms with Crippen LogP contribution < -0.4 is 10.5 Å². The molecular formula is C12H14F2N2O. The van der Waals surface area contributed by atoms with Gasteiger partial charge in [0.2, 0.25) is 0 Å². The zero-order valence-corrected chi connectivity index (χ0v) is 9.54. The predicted octanol–water partition coefficient (Wildman–Crippen LogP) is 2.15. The molecule has 1 atom stereocenters. The van der Waals surface area contributed by atoms with Crippen LogP contribution in [0.15, 0.2) is 12.1 Å². The topological polar surface area (TPSA) is 59.0 Å². The van der Waals surface area contributed by atoms with Crippen LogP contribution in [0.1, 0.15) is 18.9 Å². The average Bonchev–Trinajstić information content (AvgIpc) is 2.28. The van der Waals surface area contributed by atoms with Gasteiger partial charge in [0.1, 0.15) is 6.07 Å². The molecule has 0 aliphatic carbocycles. The minimum absolute atomic E-state index is 0.125. The third kappa shape index (κ3) is 3.68. The number of rotatable bonds is 5. The highest BCUT2D eigenvalue weighted by Gasteiger charge is 2.13. The Labute approximate surface area is 98.8 Å². The van der Waals surface area contributed by atoms with Crippen LogP contribution in [0, 0.1) is 23.0 Å². The third-order valence-electron chi connectivity index (χ3n) is 2.36. The van der Waals surface area contributed by atoms with E-state index in [1.54, 1.807) is 6.07 Å². The van der Waals surface area contributed by atoms with Crippen LogP contribution in [0.25, 0.3) is 0 Å². The summed E-state index contributed by atoms with van der Waals surface area (Å²) in [5.74, 6) is -2.13. The fourth-order valence-corrected chi connectivity index (χ4v) is 1.42. The lowest BCUT2D eigenvalue weighted by Crippen LogP contribution is -2.21. The van der Waals surface area contributed by atoms with Gasteiger partial charge in [-0.1, -0.05) is 6.92 Å². The molecule has 0 saturated heterocycles. The Kier molecular flexibility index (Phi) is 4.85. The molecule has 1 unspecified atom stereocenters. The molecule has 0 spiro atoms. The van der Waals surface area contributed by atoms with E-state index in [9.17, 15) is 8.78 Å². The highest BCUT2D eigenvalue weighted by atomic mass is 19.1. The first-order chi connectivity index (χ1) is 8.08. The molecule has 0 aliphatic heterocycles. The van der Waals surface area contributed by atoms with E-state index in [2.05, 4.69) is 4.74 Å². The Morgan fingerprint density at radius 2 is 2.00 bits per heavy atom. The molecule has 0 heterocycles. The maximum absolute atomic E-state index is 13.5. The number of nitriles is 1. The molecule has 2 N–H and O–H groups in total. The molecule has 5 heteroatoms. The summed E-state index contributed by atoms with van der Waals surface area (Å²) in [5, 5.41) is 8.28. The van der Waals surface area contributed by atoms with Crippen molar-refractivity contribution in [3.63, 3.8) is 0 Å². The van der Waals surface area contributed by atoms with Crippen molar-refractivity contribution in [2.45, 2.75) is 25.8 Å². The summed E-state index contributed by atoms with van der Waals surface area (Å²) in [4.78, 5) is 0. The first kappa shape index (κ1) is 13.4. The third-order valence-corrected chi connectivity index (χ3v) is 2.36. The van der Waals surface area contributed by atoms with Crippen LogP contribution in [0.5, 0.6) is 5.75 Å². The van der Waals surface area contributed by atoms with E-state index in [4.69, 9.17) is 11.0 Å². The van der Waals surface area contributed by atoms with Gasteiger partial charge in [0.15, 0.2) is 24.0 Å². The van der Waals surface area contributed by atoms with E-state index >= 15 is 0 Å². The lowest BCUT2D eigenvalue weighted by Gasteiger charge is -2.11. The van der Waals surface area contributed by atoms with Crippen molar-refractivity contribution in [3.05, 3.63) is 29.3 Å². The summed E-state index contributed by atoms with van der Waals surface area (Å²) in [6.07, 6.45) is 1.14. The number of hydrogen-bond donors (Lipinski definition) is 1. The number of ether oxygens (including phenoxy) is 1. The molecule has 0 saturated carbocycles. The molecule has 92 valence electrons. The van der Waals surface area contributed by atoms with Crippen molar-refractivity contribution in [2.24, 2.45) is 5.73 Å².